The molecule has 0 aliphatic carbocycles. The molecule has 8 aromatic rings. The number of benzene rings is 3. The van der Waals surface area contributed by atoms with Crippen LogP contribution in [0.5, 0.6) is 0 Å². The van der Waals surface area contributed by atoms with Crippen molar-refractivity contribution >= 4 is 90.6 Å². The smallest absolute Gasteiger partial charge is 0.153 e. The van der Waals surface area contributed by atoms with Crippen LogP contribution in [-0.2, 0) is 0 Å². The van der Waals surface area contributed by atoms with Crippen molar-refractivity contribution in [3.63, 3.8) is 0 Å². The molecule has 0 unspecified atom stereocenters. The SMILES string of the molecule is C=NC(=C\C=C/C)/C(C#N)=C/c1ccc(-c2oc3cccc4c5c(-c6ccc(/C=C(\C#N)c7ccccn7)s6)oc6cccc(c2c34)c65)s1. The molecule has 0 aliphatic rings. The monoisotopic (exact) mass is 668 g/mol. The molecule has 0 atom stereocenters. The molecule has 6 nitrogen and oxygen atoms in total. The molecule has 0 saturated carbocycles. The summed E-state index contributed by atoms with van der Waals surface area (Å²) in [4.78, 5) is 12.2. The van der Waals surface area contributed by atoms with Crippen molar-refractivity contribution in [3.05, 3.63) is 130 Å². The van der Waals surface area contributed by atoms with E-state index in [0.29, 0.717) is 22.5 Å². The van der Waals surface area contributed by atoms with Crippen molar-refractivity contribution in [2.24, 2.45) is 4.99 Å². The van der Waals surface area contributed by atoms with Gasteiger partial charge in [-0.3, -0.25) is 9.98 Å². The van der Waals surface area contributed by atoms with Crippen molar-refractivity contribution in [3.8, 4) is 33.4 Å². The molecule has 8 rings (SSSR count). The van der Waals surface area contributed by atoms with E-state index in [-0.39, 0.29) is 0 Å². The lowest BCUT2D eigenvalue weighted by atomic mass is 9.94. The third-order valence-corrected chi connectivity index (χ3v) is 10.4. The normalized spacial score (nSPS) is 12.9. The van der Waals surface area contributed by atoms with E-state index in [4.69, 9.17) is 8.83 Å². The Morgan fingerprint density at radius 3 is 1.92 bits per heavy atom. The molecule has 0 bridgehead atoms. The average molecular weight is 669 g/mol. The first-order valence-electron chi connectivity index (χ1n) is 15.4. The van der Waals surface area contributed by atoms with Gasteiger partial charge >= 0.3 is 0 Å². The summed E-state index contributed by atoms with van der Waals surface area (Å²) in [5.41, 5.74) is 3.67. The maximum atomic E-state index is 9.88. The van der Waals surface area contributed by atoms with E-state index in [9.17, 15) is 10.5 Å². The van der Waals surface area contributed by atoms with E-state index in [1.807, 2.05) is 98.0 Å². The Bertz CT molecular complexity index is 2770. The van der Waals surface area contributed by atoms with Gasteiger partial charge in [0.1, 0.15) is 23.3 Å². The number of rotatable bonds is 8. The van der Waals surface area contributed by atoms with Crippen LogP contribution in [0.2, 0.25) is 0 Å². The highest BCUT2D eigenvalue weighted by Gasteiger charge is 2.26. The van der Waals surface area contributed by atoms with Gasteiger partial charge in [-0.15, -0.1) is 22.7 Å². The van der Waals surface area contributed by atoms with Crippen LogP contribution in [0.25, 0.3) is 82.5 Å². The lowest BCUT2D eigenvalue weighted by Crippen LogP contribution is -1.84. The largest absolute Gasteiger partial charge is 0.455 e. The van der Waals surface area contributed by atoms with Gasteiger partial charge in [0.15, 0.2) is 11.5 Å². The van der Waals surface area contributed by atoms with Crippen LogP contribution in [0.1, 0.15) is 22.4 Å². The molecule has 5 aromatic heterocycles. The van der Waals surface area contributed by atoms with Crippen LogP contribution in [0, 0.1) is 22.7 Å². The van der Waals surface area contributed by atoms with E-state index >= 15 is 0 Å². The molecule has 0 saturated heterocycles. The molecular weight excluding hydrogens is 645 g/mol. The Labute approximate surface area is 289 Å². The Kier molecular flexibility index (Phi) is 7.58. The number of furan rings is 2. The van der Waals surface area contributed by atoms with Gasteiger partial charge in [-0.1, -0.05) is 42.5 Å². The summed E-state index contributed by atoms with van der Waals surface area (Å²) in [6, 6.07) is 30.5. The van der Waals surface area contributed by atoms with Gasteiger partial charge in [0.2, 0.25) is 0 Å². The second-order valence-electron chi connectivity index (χ2n) is 11.2. The van der Waals surface area contributed by atoms with Crippen LogP contribution in [-0.4, -0.2) is 11.7 Å². The molecule has 8 heteroatoms. The molecule has 0 aliphatic heterocycles. The molecule has 0 fully saturated rings. The highest BCUT2D eigenvalue weighted by Crippen LogP contribution is 2.51. The maximum Gasteiger partial charge on any atom is 0.153 e. The summed E-state index contributed by atoms with van der Waals surface area (Å²) >= 11 is 3.13. The predicted octanol–water partition coefficient (Wildman–Crippen LogP) is 11.9. The Balaban J connectivity index is 1.29. The molecular formula is C41H24N4O2S2. The number of allylic oxidation sites excluding steroid dienone is 5. The van der Waals surface area contributed by atoms with Crippen LogP contribution in [0.15, 0.2) is 128 Å². The van der Waals surface area contributed by atoms with Crippen LogP contribution in [0.3, 0.4) is 0 Å². The first-order valence-corrected chi connectivity index (χ1v) is 17.0. The second-order valence-corrected chi connectivity index (χ2v) is 13.4. The van der Waals surface area contributed by atoms with Crippen LogP contribution in [0.4, 0.5) is 0 Å². The molecule has 3 aromatic carbocycles. The maximum absolute atomic E-state index is 9.88. The topological polar surface area (TPSA) is 99.1 Å². The first-order chi connectivity index (χ1) is 24.1. The third-order valence-electron chi connectivity index (χ3n) is 8.32. The third kappa shape index (κ3) is 5.08. The Morgan fingerprint density at radius 1 is 0.755 bits per heavy atom. The number of fused-ring (bicyclic) bond motifs is 2. The number of nitriles is 2. The minimum Gasteiger partial charge on any atom is -0.455 e. The van der Waals surface area contributed by atoms with Crippen LogP contribution >= 0.6 is 22.7 Å². The molecule has 49 heavy (non-hydrogen) atoms. The number of hydrogen-bond donors (Lipinski definition) is 0. The van der Waals surface area contributed by atoms with Crippen molar-refractivity contribution in [1.29, 1.82) is 10.5 Å². The minimum absolute atomic E-state index is 0.433. The number of thiophene rings is 2. The second kappa shape index (κ2) is 12.4. The zero-order valence-electron chi connectivity index (χ0n) is 26.1. The van der Waals surface area contributed by atoms with E-state index in [0.717, 1.165) is 74.5 Å². The molecule has 5 heterocycles. The molecule has 232 valence electrons. The number of aromatic nitrogens is 1. The van der Waals surface area contributed by atoms with Gasteiger partial charge in [-0.2, -0.15) is 10.5 Å². The summed E-state index contributed by atoms with van der Waals surface area (Å²) in [6.07, 6.45) is 10.9. The average Bonchev–Trinajstić information content (AvgIpc) is 3.95. The van der Waals surface area contributed by atoms with E-state index in [1.54, 1.807) is 34.9 Å². The fraction of sp³-hybridized carbons (Fsp3) is 0.0244. The van der Waals surface area contributed by atoms with Crippen LogP contribution < -0.4 is 0 Å². The predicted molar refractivity (Wildman–Crippen MR) is 203 cm³/mol. The van der Waals surface area contributed by atoms with E-state index in [2.05, 4.69) is 41.0 Å². The van der Waals surface area contributed by atoms with Gasteiger partial charge in [-0.25, -0.2) is 0 Å². The molecule has 0 radical (unpaired) electrons. The fourth-order valence-electron chi connectivity index (χ4n) is 6.23. The van der Waals surface area contributed by atoms with E-state index in [1.165, 1.54) is 0 Å². The van der Waals surface area contributed by atoms with Gasteiger partial charge in [0.25, 0.3) is 0 Å². The number of hydrogen-bond acceptors (Lipinski definition) is 8. The molecule has 0 N–H and O–H groups in total. The molecule has 0 amide bonds. The van der Waals surface area contributed by atoms with Gasteiger partial charge in [0.05, 0.1) is 32.3 Å². The van der Waals surface area contributed by atoms with Crippen molar-refractivity contribution in [2.45, 2.75) is 6.92 Å². The minimum atomic E-state index is 0.433. The summed E-state index contributed by atoms with van der Waals surface area (Å²) in [5, 5.41) is 26.0. The standard InChI is InChI=1S/C41H24N4O2S2/c1-3-4-11-30(44-2)24(22-42)20-26-15-17-34(48-26)40-38-28-9-7-14-33-37(28)39(29-10-8-13-32(46-40)36(29)38)41(47-33)35-18-16-27(49-35)21-25(23-43)31-12-5-6-19-45-31/h3-21H,2H2,1H3/b4-3-,24-20+,25-21+,30-11-. The lowest BCUT2D eigenvalue weighted by molar-refractivity contribution is 0.636. The Hall–Kier alpha value is -6.32. The van der Waals surface area contributed by atoms with E-state index < -0.39 is 0 Å². The van der Waals surface area contributed by atoms with Gasteiger partial charge in [0, 0.05) is 37.5 Å². The van der Waals surface area contributed by atoms with Crippen molar-refractivity contribution < 1.29 is 8.83 Å². The number of nitrogens with zero attached hydrogens (tertiary/aromatic N) is 4. The summed E-state index contributed by atoms with van der Waals surface area (Å²) in [6.45, 7) is 5.55. The molecule has 0 spiro atoms. The van der Waals surface area contributed by atoms with Gasteiger partial charge < -0.3 is 8.83 Å². The zero-order chi connectivity index (χ0) is 33.5. The highest BCUT2D eigenvalue weighted by atomic mass is 32.1. The van der Waals surface area contributed by atoms with Crippen molar-refractivity contribution in [2.75, 3.05) is 0 Å². The summed E-state index contributed by atoms with van der Waals surface area (Å²) in [7, 11) is 0. The number of pyridine rings is 1. The van der Waals surface area contributed by atoms with Gasteiger partial charge in [-0.05, 0) is 91.2 Å². The summed E-state index contributed by atoms with van der Waals surface area (Å²) in [5.74, 6) is 1.56. The fourth-order valence-corrected chi connectivity index (χ4v) is 8.11. The zero-order valence-corrected chi connectivity index (χ0v) is 27.7. The quantitative estimate of drug-likeness (QED) is 0.0694. The Morgan fingerprint density at radius 2 is 1.39 bits per heavy atom. The number of aliphatic imine (C=N–C) groups is 1. The summed E-state index contributed by atoms with van der Waals surface area (Å²) < 4.78 is 13.3. The highest BCUT2D eigenvalue weighted by molar-refractivity contribution is 7.16. The lowest BCUT2D eigenvalue weighted by Gasteiger charge is -2.05. The van der Waals surface area contributed by atoms with Crippen molar-refractivity contribution in [1.82, 2.24) is 4.98 Å². The first kappa shape index (κ1) is 30.0.